The SMILES string of the molecule is CC.FPN1CC2CC(OCc3c(-c4ccccc4OC(F)F)noc3C3CC3)C[C@H]2C1. The molecule has 3 unspecified atom stereocenters. The Labute approximate surface area is 188 Å². The fourth-order valence-corrected chi connectivity index (χ4v) is 5.46. The minimum atomic E-state index is -2.91. The van der Waals surface area contributed by atoms with Gasteiger partial charge >= 0.3 is 6.61 Å². The minimum Gasteiger partial charge on any atom is -0.434 e. The van der Waals surface area contributed by atoms with Gasteiger partial charge in [-0.2, -0.15) is 8.78 Å². The van der Waals surface area contributed by atoms with Gasteiger partial charge in [0.1, 0.15) is 26.2 Å². The summed E-state index contributed by atoms with van der Waals surface area (Å²) in [7, 11) is -0.617. The predicted octanol–water partition coefficient (Wildman–Crippen LogP) is 6.55. The number of ether oxygens (including phenoxy) is 2. The predicted molar refractivity (Wildman–Crippen MR) is 118 cm³/mol. The second-order valence-electron chi connectivity index (χ2n) is 8.44. The van der Waals surface area contributed by atoms with Crippen LogP contribution >= 0.6 is 9.04 Å². The summed E-state index contributed by atoms with van der Waals surface area (Å²) < 4.78 is 57.1. The lowest BCUT2D eigenvalue weighted by Crippen LogP contribution is -2.16. The largest absolute Gasteiger partial charge is 0.434 e. The van der Waals surface area contributed by atoms with E-state index in [-0.39, 0.29) is 11.9 Å². The van der Waals surface area contributed by atoms with E-state index < -0.39 is 15.7 Å². The lowest BCUT2D eigenvalue weighted by molar-refractivity contribution is -0.0494. The van der Waals surface area contributed by atoms with Crippen LogP contribution in [0.4, 0.5) is 13.0 Å². The Kier molecular flexibility index (Phi) is 7.74. The second kappa shape index (κ2) is 10.5. The van der Waals surface area contributed by atoms with Gasteiger partial charge in [0.25, 0.3) is 0 Å². The van der Waals surface area contributed by atoms with Gasteiger partial charge in [-0.05, 0) is 49.7 Å². The Bertz CT molecular complexity index is 879. The topological polar surface area (TPSA) is 47.7 Å². The van der Waals surface area contributed by atoms with Gasteiger partial charge in [-0.3, -0.25) is 4.67 Å². The van der Waals surface area contributed by atoms with E-state index in [2.05, 4.69) is 5.16 Å². The zero-order valence-electron chi connectivity index (χ0n) is 18.4. The number of aromatic nitrogens is 1. The number of halogens is 3. The summed E-state index contributed by atoms with van der Waals surface area (Å²) in [5, 5.41) is 4.21. The molecule has 1 saturated heterocycles. The van der Waals surface area contributed by atoms with E-state index in [0.717, 1.165) is 50.1 Å². The first-order valence-corrected chi connectivity index (χ1v) is 12.2. The average molecular weight is 470 g/mol. The number of hydrogen-bond acceptors (Lipinski definition) is 5. The molecule has 0 spiro atoms. The van der Waals surface area contributed by atoms with E-state index in [0.29, 0.717) is 35.6 Å². The highest BCUT2D eigenvalue weighted by atomic mass is 31.1. The zero-order valence-corrected chi connectivity index (χ0v) is 19.4. The standard InChI is InChI=1S/C21H24F3N2O3P.C2H6/c22-21(23)28-18-4-2-1-3-16(18)19-17(20(29-25-19)12-5-6-12)11-27-15-7-13-9-26(30-24)10-14(13)8-15;1-2/h1-4,12-15,21,30H,5-11H2;1-2H3/t13-,14?,15?;/m0./s1. The van der Waals surface area contributed by atoms with Gasteiger partial charge < -0.3 is 14.0 Å². The first kappa shape index (κ1) is 23.5. The van der Waals surface area contributed by atoms with Crippen molar-refractivity contribution in [1.29, 1.82) is 0 Å². The molecule has 0 radical (unpaired) electrons. The molecule has 0 N–H and O–H groups in total. The van der Waals surface area contributed by atoms with E-state index in [1.165, 1.54) is 6.07 Å². The van der Waals surface area contributed by atoms with Gasteiger partial charge in [0.15, 0.2) is 0 Å². The number of rotatable bonds is 8. The average Bonchev–Trinajstić information content (AvgIpc) is 3.26. The lowest BCUT2D eigenvalue weighted by atomic mass is 10.0. The number of benzene rings is 1. The summed E-state index contributed by atoms with van der Waals surface area (Å²) in [6, 6.07) is 6.63. The summed E-state index contributed by atoms with van der Waals surface area (Å²) in [4.78, 5) is 0. The Morgan fingerprint density at radius 3 is 2.47 bits per heavy atom. The molecule has 176 valence electrons. The smallest absolute Gasteiger partial charge is 0.387 e. The van der Waals surface area contributed by atoms with Crippen LogP contribution in [-0.2, 0) is 11.3 Å². The molecule has 5 nitrogen and oxygen atoms in total. The number of nitrogens with zero attached hydrogens (tertiary/aromatic N) is 2. The highest BCUT2D eigenvalue weighted by molar-refractivity contribution is 7.28. The Morgan fingerprint density at radius 1 is 1.16 bits per heavy atom. The Hall–Kier alpha value is -1.63. The molecule has 2 heterocycles. The molecule has 4 atom stereocenters. The molecular weight excluding hydrogens is 440 g/mol. The highest BCUT2D eigenvalue weighted by Gasteiger charge is 2.42. The van der Waals surface area contributed by atoms with Crippen molar-refractivity contribution in [2.45, 2.75) is 64.8 Å². The summed E-state index contributed by atoms with van der Waals surface area (Å²) in [5.74, 6) is 2.16. The number of para-hydroxylation sites is 1. The van der Waals surface area contributed by atoms with Crippen LogP contribution in [0.2, 0.25) is 0 Å². The highest BCUT2D eigenvalue weighted by Crippen LogP contribution is 2.47. The van der Waals surface area contributed by atoms with E-state index in [1.807, 2.05) is 18.5 Å². The van der Waals surface area contributed by atoms with Crippen molar-refractivity contribution in [3.63, 3.8) is 0 Å². The molecule has 32 heavy (non-hydrogen) atoms. The van der Waals surface area contributed by atoms with Crippen LogP contribution in [0.15, 0.2) is 28.8 Å². The van der Waals surface area contributed by atoms with Gasteiger partial charge in [0.05, 0.1) is 12.7 Å². The summed E-state index contributed by atoms with van der Waals surface area (Å²) >= 11 is 0. The van der Waals surface area contributed by atoms with Gasteiger partial charge in [-0.1, -0.05) is 31.1 Å². The first-order chi connectivity index (χ1) is 15.6. The Balaban J connectivity index is 0.00000119. The van der Waals surface area contributed by atoms with E-state index in [9.17, 15) is 13.0 Å². The van der Waals surface area contributed by atoms with Crippen molar-refractivity contribution in [1.82, 2.24) is 9.83 Å². The summed E-state index contributed by atoms with van der Waals surface area (Å²) in [5.41, 5.74) is 1.82. The third kappa shape index (κ3) is 5.13. The van der Waals surface area contributed by atoms with Crippen molar-refractivity contribution in [3.8, 4) is 17.0 Å². The maximum absolute atomic E-state index is 12.9. The molecule has 2 aliphatic carbocycles. The maximum Gasteiger partial charge on any atom is 0.387 e. The third-order valence-electron chi connectivity index (χ3n) is 6.42. The summed E-state index contributed by atoms with van der Waals surface area (Å²) in [6.45, 7) is 3.03. The molecule has 1 aliphatic heterocycles. The van der Waals surface area contributed by atoms with Crippen molar-refractivity contribution in [2.24, 2.45) is 11.8 Å². The molecule has 2 aromatic rings. The van der Waals surface area contributed by atoms with Gasteiger partial charge in [-0.15, -0.1) is 0 Å². The van der Waals surface area contributed by atoms with Crippen LogP contribution in [0.5, 0.6) is 5.75 Å². The molecule has 9 heteroatoms. The number of hydrogen-bond donors (Lipinski definition) is 0. The quantitative estimate of drug-likeness (QED) is 0.410. The van der Waals surface area contributed by atoms with Crippen LogP contribution in [0, 0.1) is 11.8 Å². The van der Waals surface area contributed by atoms with Gasteiger partial charge in [0, 0.05) is 30.1 Å². The van der Waals surface area contributed by atoms with Crippen LogP contribution < -0.4 is 4.74 Å². The van der Waals surface area contributed by atoms with Crippen LogP contribution in [0.1, 0.15) is 56.8 Å². The monoisotopic (exact) mass is 470 g/mol. The van der Waals surface area contributed by atoms with Gasteiger partial charge in [-0.25, -0.2) is 4.20 Å². The number of alkyl halides is 2. The third-order valence-corrected chi connectivity index (χ3v) is 7.02. The Morgan fingerprint density at radius 2 is 1.84 bits per heavy atom. The van der Waals surface area contributed by atoms with Crippen molar-refractivity contribution >= 4 is 9.04 Å². The van der Waals surface area contributed by atoms with Gasteiger partial charge in [0.2, 0.25) is 0 Å². The first-order valence-electron chi connectivity index (χ1n) is 11.4. The van der Waals surface area contributed by atoms with E-state index in [1.54, 1.807) is 18.2 Å². The van der Waals surface area contributed by atoms with Crippen molar-refractivity contribution in [3.05, 3.63) is 35.6 Å². The molecule has 0 amide bonds. The van der Waals surface area contributed by atoms with Crippen molar-refractivity contribution < 1.29 is 27.0 Å². The van der Waals surface area contributed by atoms with E-state index >= 15 is 0 Å². The molecule has 1 aromatic heterocycles. The zero-order chi connectivity index (χ0) is 22.7. The molecule has 2 saturated carbocycles. The molecular formula is C23H30F3N2O3P. The van der Waals surface area contributed by atoms with Crippen molar-refractivity contribution in [2.75, 3.05) is 13.1 Å². The van der Waals surface area contributed by atoms with Crippen LogP contribution in [0.3, 0.4) is 0 Å². The lowest BCUT2D eigenvalue weighted by Gasteiger charge is -2.16. The fourth-order valence-electron chi connectivity index (χ4n) is 4.85. The number of fused-ring (bicyclic) bond motifs is 1. The second-order valence-corrected chi connectivity index (χ2v) is 9.24. The normalized spacial score (nSPS) is 25.4. The fraction of sp³-hybridized carbons (Fsp3) is 0.609. The maximum atomic E-state index is 12.9. The molecule has 0 bridgehead atoms. The van der Waals surface area contributed by atoms with Crippen LogP contribution in [0.25, 0.3) is 11.3 Å². The molecule has 1 aromatic carbocycles. The van der Waals surface area contributed by atoms with Crippen LogP contribution in [-0.4, -0.2) is 35.6 Å². The molecule has 5 rings (SSSR count). The summed E-state index contributed by atoms with van der Waals surface area (Å²) in [6.07, 6.45) is 4.04. The minimum absolute atomic E-state index is 0.0759. The molecule has 3 fully saturated rings. The van der Waals surface area contributed by atoms with E-state index in [4.69, 9.17) is 14.0 Å². The molecule has 3 aliphatic rings.